The highest BCUT2D eigenvalue weighted by Crippen LogP contribution is 2.18. The van der Waals surface area contributed by atoms with Gasteiger partial charge in [0.25, 0.3) is 0 Å². The van der Waals surface area contributed by atoms with E-state index in [9.17, 15) is 9.18 Å². The molecule has 1 aromatic carbocycles. The van der Waals surface area contributed by atoms with Crippen LogP contribution in [0.2, 0.25) is 0 Å². The van der Waals surface area contributed by atoms with Gasteiger partial charge in [0.2, 0.25) is 0 Å². The van der Waals surface area contributed by atoms with Gasteiger partial charge < -0.3 is 10.6 Å². The summed E-state index contributed by atoms with van der Waals surface area (Å²) >= 11 is 0. The van der Waals surface area contributed by atoms with E-state index in [2.05, 4.69) is 25.6 Å². The second kappa shape index (κ2) is 7.28. The van der Waals surface area contributed by atoms with Crippen LogP contribution in [0.15, 0.2) is 61.2 Å². The topological polar surface area (TPSA) is 79.8 Å². The van der Waals surface area contributed by atoms with E-state index in [0.717, 1.165) is 5.56 Å². The first kappa shape index (κ1) is 15.5. The second-order valence-electron chi connectivity index (χ2n) is 4.91. The van der Waals surface area contributed by atoms with E-state index in [1.54, 1.807) is 24.8 Å². The fraction of sp³-hybridized carbons (Fsp3) is 0.0588. The molecule has 2 amide bonds. The summed E-state index contributed by atoms with van der Waals surface area (Å²) in [6.45, 7) is 0.199. The van der Waals surface area contributed by atoms with E-state index in [0.29, 0.717) is 17.1 Å². The van der Waals surface area contributed by atoms with Crippen molar-refractivity contribution in [1.82, 2.24) is 20.3 Å². The average Bonchev–Trinajstić information content (AvgIpc) is 2.63. The SMILES string of the molecule is O=C(NCc1nccnc1-c1cccnc1)Nc1ccc(F)cc1. The Bertz CT molecular complexity index is 824. The normalized spacial score (nSPS) is 10.2. The molecule has 2 N–H and O–H groups in total. The first-order valence-corrected chi connectivity index (χ1v) is 7.23. The molecule has 0 aliphatic heterocycles. The Morgan fingerprint density at radius 1 is 1.04 bits per heavy atom. The molecule has 0 radical (unpaired) electrons. The highest BCUT2D eigenvalue weighted by molar-refractivity contribution is 5.89. The Labute approximate surface area is 137 Å². The minimum atomic E-state index is -0.413. The van der Waals surface area contributed by atoms with Gasteiger partial charge in [-0.2, -0.15) is 0 Å². The lowest BCUT2D eigenvalue weighted by Crippen LogP contribution is -2.28. The molecule has 6 nitrogen and oxygen atoms in total. The van der Waals surface area contributed by atoms with E-state index >= 15 is 0 Å². The second-order valence-corrected chi connectivity index (χ2v) is 4.91. The average molecular weight is 323 g/mol. The molecule has 0 aliphatic carbocycles. The first-order valence-electron chi connectivity index (χ1n) is 7.23. The lowest BCUT2D eigenvalue weighted by Gasteiger charge is -2.10. The number of rotatable bonds is 4. The van der Waals surface area contributed by atoms with Gasteiger partial charge in [-0.1, -0.05) is 0 Å². The van der Waals surface area contributed by atoms with Crippen LogP contribution in [0.4, 0.5) is 14.9 Å². The van der Waals surface area contributed by atoms with Gasteiger partial charge in [-0.3, -0.25) is 15.0 Å². The van der Waals surface area contributed by atoms with Gasteiger partial charge in [-0.15, -0.1) is 0 Å². The third kappa shape index (κ3) is 3.89. The molecular formula is C17H14FN5O. The first-order chi connectivity index (χ1) is 11.7. The molecule has 0 spiro atoms. The van der Waals surface area contributed by atoms with Gasteiger partial charge in [0.15, 0.2) is 0 Å². The zero-order valence-electron chi connectivity index (χ0n) is 12.6. The highest BCUT2D eigenvalue weighted by Gasteiger charge is 2.09. The number of pyridine rings is 1. The smallest absolute Gasteiger partial charge is 0.319 e. The summed E-state index contributed by atoms with van der Waals surface area (Å²) in [5, 5.41) is 5.33. The van der Waals surface area contributed by atoms with Crippen molar-refractivity contribution in [1.29, 1.82) is 0 Å². The van der Waals surface area contributed by atoms with E-state index in [1.165, 1.54) is 24.3 Å². The van der Waals surface area contributed by atoms with Crippen LogP contribution >= 0.6 is 0 Å². The summed E-state index contributed by atoms with van der Waals surface area (Å²) in [5.41, 5.74) is 2.61. The molecular weight excluding hydrogens is 309 g/mol. The molecule has 0 saturated carbocycles. The molecule has 2 heterocycles. The Morgan fingerprint density at radius 3 is 2.58 bits per heavy atom. The Hall–Kier alpha value is -3.35. The van der Waals surface area contributed by atoms with Crippen LogP contribution in [0.1, 0.15) is 5.69 Å². The Morgan fingerprint density at radius 2 is 1.83 bits per heavy atom. The van der Waals surface area contributed by atoms with Gasteiger partial charge in [-0.25, -0.2) is 9.18 Å². The number of aromatic nitrogens is 3. The van der Waals surface area contributed by atoms with Crippen LogP contribution < -0.4 is 10.6 Å². The van der Waals surface area contributed by atoms with Crippen molar-refractivity contribution in [3.05, 3.63) is 72.7 Å². The summed E-state index contributed by atoms with van der Waals surface area (Å²) in [5.74, 6) is -0.360. The van der Waals surface area contributed by atoms with E-state index in [-0.39, 0.29) is 12.4 Å². The monoisotopic (exact) mass is 323 g/mol. The zero-order valence-corrected chi connectivity index (χ0v) is 12.6. The number of carbonyl (C=O) groups excluding carboxylic acids is 1. The lowest BCUT2D eigenvalue weighted by atomic mass is 10.1. The van der Waals surface area contributed by atoms with Gasteiger partial charge >= 0.3 is 6.03 Å². The molecule has 0 unspecified atom stereocenters. The Kier molecular flexibility index (Phi) is 4.71. The summed E-state index contributed by atoms with van der Waals surface area (Å²) in [6, 6.07) is 8.79. The number of hydrogen-bond donors (Lipinski definition) is 2. The molecule has 2 aromatic heterocycles. The van der Waals surface area contributed by atoms with Crippen LogP contribution in [0.5, 0.6) is 0 Å². The fourth-order valence-electron chi connectivity index (χ4n) is 2.11. The molecule has 0 aliphatic rings. The number of halogens is 1. The number of amides is 2. The molecule has 0 fully saturated rings. The number of hydrogen-bond acceptors (Lipinski definition) is 4. The minimum absolute atomic E-state index is 0.199. The maximum Gasteiger partial charge on any atom is 0.319 e. The van der Waals surface area contributed by atoms with Crippen LogP contribution in [0, 0.1) is 5.82 Å². The number of nitrogens with zero attached hydrogens (tertiary/aromatic N) is 3. The van der Waals surface area contributed by atoms with Crippen molar-refractivity contribution >= 4 is 11.7 Å². The van der Waals surface area contributed by atoms with Gasteiger partial charge in [-0.05, 0) is 36.4 Å². The lowest BCUT2D eigenvalue weighted by molar-refractivity contribution is 0.251. The van der Waals surface area contributed by atoms with Crippen LogP contribution in [0.25, 0.3) is 11.3 Å². The molecule has 120 valence electrons. The van der Waals surface area contributed by atoms with Crippen LogP contribution in [-0.2, 0) is 6.54 Å². The Balaban J connectivity index is 1.66. The number of benzene rings is 1. The molecule has 0 saturated heterocycles. The van der Waals surface area contributed by atoms with Crippen molar-refractivity contribution in [2.45, 2.75) is 6.54 Å². The van der Waals surface area contributed by atoms with Gasteiger partial charge in [0, 0.05) is 36.0 Å². The maximum atomic E-state index is 12.9. The fourth-order valence-corrected chi connectivity index (χ4v) is 2.11. The number of carbonyl (C=O) groups is 1. The van der Waals surface area contributed by atoms with Crippen LogP contribution in [-0.4, -0.2) is 21.0 Å². The maximum absolute atomic E-state index is 12.9. The highest BCUT2D eigenvalue weighted by atomic mass is 19.1. The van der Waals surface area contributed by atoms with Crippen molar-refractivity contribution < 1.29 is 9.18 Å². The van der Waals surface area contributed by atoms with Crippen molar-refractivity contribution in [2.75, 3.05) is 5.32 Å². The molecule has 7 heteroatoms. The predicted octanol–water partition coefficient (Wildman–Crippen LogP) is 3.00. The third-order valence-electron chi connectivity index (χ3n) is 3.23. The predicted molar refractivity (Wildman–Crippen MR) is 87.5 cm³/mol. The minimum Gasteiger partial charge on any atom is -0.332 e. The summed E-state index contributed by atoms with van der Waals surface area (Å²) < 4.78 is 12.9. The molecule has 0 atom stereocenters. The molecule has 3 rings (SSSR count). The van der Waals surface area contributed by atoms with Crippen molar-refractivity contribution in [3.8, 4) is 11.3 Å². The number of anilines is 1. The van der Waals surface area contributed by atoms with E-state index < -0.39 is 6.03 Å². The van der Waals surface area contributed by atoms with Crippen LogP contribution in [0.3, 0.4) is 0 Å². The van der Waals surface area contributed by atoms with E-state index in [1.807, 2.05) is 12.1 Å². The molecule has 0 bridgehead atoms. The zero-order chi connectivity index (χ0) is 16.8. The summed E-state index contributed by atoms with van der Waals surface area (Å²) in [6.07, 6.45) is 6.51. The summed E-state index contributed by atoms with van der Waals surface area (Å²) in [4.78, 5) is 24.6. The number of urea groups is 1. The number of nitrogens with one attached hydrogen (secondary N) is 2. The van der Waals surface area contributed by atoms with Gasteiger partial charge in [0.05, 0.1) is 17.9 Å². The standard InChI is InChI=1S/C17H14FN5O/c18-13-3-5-14(6-4-13)23-17(24)22-11-15-16(21-9-8-20-15)12-2-1-7-19-10-12/h1-10H,11H2,(H2,22,23,24). The largest absolute Gasteiger partial charge is 0.332 e. The van der Waals surface area contributed by atoms with Gasteiger partial charge in [0.1, 0.15) is 5.82 Å². The quantitative estimate of drug-likeness (QED) is 0.773. The third-order valence-corrected chi connectivity index (χ3v) is 3.23. The van der Waals surface area contributed by atoms with E-state index in [4.69, 9.17) is 0 Å². The van der Waals surface area contributed by atoms with Crippen molar-refractivity contribution in [3.63, 3.8) is 0 Å². The molecule has 24 heavy (non-hydrogen) atoms. The van der Waals surface area contributed by atoms with Crippen molar-refractivity contribution in [2.24, 2.45) is 0 Å². The molecule has 3 aromatic rings. The summed E-state index contributed by atoms with van der Waals surface area (Å²) in [7, 11) is 0.